The van der Waals surface area contributed by atoms with Crippen LogP contribution in [0.25, 0.3) is 0 Å². The molecule has 0 saturated carbocycles. The molecule has 80 valence electrons. The van der Waals surface area contributed by atoms with Crippen molar-refractivity contribution in [3.63, 3.8) is 0 Å². The summed E-state index contributed by atoms with van der Waals surface area (Å²) in [4.78, 5) is 10.7. The third kappa shape index (κ3) is 2.53. The molecular formula is C10H10BrNO2S. The van der Waals surface area contributed by atoms with Crippen molar-refractivity contribution in [3.8, 4) is 0 Å². The van der Waals surface area contributed by atoms with E-state index in [1.807, 2.05) is 29.6 Å². The van der Waals surface area contributed by atoms with Crippen molar-refractivity contribution < 1.29 is 15.2 Å². The first-order chi connectivity index (χ1) is 7.16. The van der Waals surface area contributed by atoms with E-state index >= 15 is 0 Å². The predicted molar refractivity (Wildman–Crippen MR) is 60.1 cm³/mol. The van der Waals surface area contributed by atoms with E-state index in [4.69, 9.17) is 0 Å². The maximum Gasteiger partial charge on any atom is 0.159 e. The Balaban J connectivity index is 2.07. The molecule has 1 aliphatic rings. The van der Waals surface area contributed by atoms with E-state index in [0.29, 0.717) is 5.75 Å². The summed E-state index contributed by atoms with van der Waals surface area (Å²) in [5, 5.41) is 12.7. The maximum absolute atomic E-state index is 10.7. The van der Waals surface area contributed by atoms with Gasteiger partial charge < -0.3 is 15.2 Å². The lowest BCUT2D eigenvalue weighted by molar-refractivity contribution is -0.690. The van der Waals surface area contributed by atoms with Crippen LogP contribution in [0.5, 0.6) is 0 Å². The van der Waals surface area contributed by atoms with Gasteiger partial charge in [0, 0.05) is 10.0 Å². The van der Waals surface area contributed by atoms with Crippen LogP contribution in [0, 0.1) is 0 Å². The van der Waals surface area contributed by atoms with Crippen molar-refractivity contribution in [3.05, 3.63) is 34.3 Å². The lowest BCUT2D eigenvalue weighted by Crippen LogP contribution is -2.90. The van der Waals surface area contributed by atoms with Crippen molar-refractivity contribution in [2.75, 3.05) is 5.75 Å². The van der Waals surface area contributed by atoms with Gasteiger partial charge in [0.15, 0.2) is 5.37 Å². The minimum absolute atomic E-state index is 0.181. The first-order valence-electron chi connectivity index (χ1n) is 4.60. The SMILES string of the molecule is O=C([O-])[C@@H]1CS[C@H](c2ccc(Br)cc2)[NH2+]1. The van der Waals surface area contributed by atoms with Crippen LogP contribution in [0.2, 0.25) is 0 Å². The van der Waals surface area contributed by atoms with Crippen LogP contribution >= 0.6 is 27.7 Å². The molecule has 3 nitrogen and oxygen atoms in total. The van der Waals surface area contributed by atoms with Gasteiger partial charge in [-0.25, -0.2) is 0 Å². The van der Waals surface area contributed by atoms with Crippen LogP contribution in [0.4, 0.5) is 0 Å². The number of nitrogens with two attached hydrogens (primary N) is 1. The van der Waals surface area contributed by atoms with Crippen molar-refractivity contribution in [2.45, 2.75) is 11.4 Å². The maximum atomic E-state index is 10.7. The molecule has 0 unspecified atom stereocenters. The Labute approximate surface area is 100 Å². The van der Waals surface area contributed by atoms with E-state index < -0.39 is 12.0 Å². The zero-order valence-electron chi connectivity index (χ0n) is 7.85. The third-order valence-electron chi connectivity index (χ3n) is 2.36. The molecule has 1 aromatic carbocycles. The van der Waals surface area contributed by atoms with Crippen LogP contribution in [0.15, 0.2) is 28.7 Å². The number of aliphatic carboxylic acids is 1. The number of benzene rings is 1. The summed E-state index contributed by atoms with van der Waals surface area (Å²) in [6, 6.07) is 7.54. The third-order valence-corrected chi connectivity index (χ3v) is 4.23. The molecule has 0 amide bonds. The number of carbonyl (C=O) groups is 1. The molecule has 1 heterocycles. The molecule has 1 saturated heterocycles. The molecule has 0 radical (unpaired) electrons. The first-order valence-corrected chi connectivity index (χ1v) is 6.44. The summed E-state index contributed by atoms with van der Waals surface area (Å²) in [6.45, 7) is 0. The van der Waals surface area contributed by atoms with Gasteiger partial charge in [-0.15, -0.1) is 0 Å². The minimum atomic E-state index is -0.970. The molecule has 0 aliphatic carbocycles. The Morgan fingerprint density at radius 1 is 1.47 bits per heavy atom. The highest BCUT2D eigenvalue weighted by atomic mass is 79.9. The van der Waals surface area contributed by atoms with Crippen molar-refractivity contribution in [1.29, 1.82) is 0 Å². The quantitative estimate of drug-likeness (QED) is 0.825. The molecule has 0 aromatic heterocycles. The smallest absolute Gasteiger partial charge is 0.159 e. The van der Waals surface area contributed by atoms with Gasteiger partial charge in [-0.1, -0.05) is 39.8 Å². The first kappa shape index (κ1) is 11.0. The van der Waals surface area contributed by atoms with Crippen LogP contribution < -0.4 is 10.4 Å². The number of hydrogen-bond acceptors (Lipinski definition) is 3. The fourth-order valence-corrected chi connectivity index (χ4v) is 3.11. The van der Waals surface area contributed by atoms with Crippen molar-refractivity contribution >= 4 is 33.7 Å². The number of carboxylic acids is 1. The summed E-state index contributed by atoms with van der Waals surface area (Å²) in [5.41, 5.74) is 1.15. The molecule has 1 aromatic rings. The lowest BCUT2D eigenvalue weighted by Gasteiger charge is -2.10. The van der Waals surface area contributed by atoms with Crippen LogP contribution in [-0.4, -0.2) is 17.8 Å². The molecule has 2 N–H and O–H groups in total. The number of halogens is 1. The van der Waals surface area contributed by atoms with Gasteiger partial charge in [0.25, 0.3) is 0 Å². The van der Waals surface area contributed by atoms with Gasteiger partial charge in [-0.3, -0.25) is 0 Å². The fraction of sp³-hybridized carbons (Fsp3) is 0.300. The van der Waals surface area contributed by atoms with Crippen molar-refractivity contribution in [1.82, 2.24) is 0 Å². The summed E-state index contributed by atoms with van der Waals surface area (Å²) in [6.07, 6.45) is 0. The van der Waals surface area contributed by atoms with E-state index in [1.54, 1.807) is 11.8 Å². The largest absolute Gasteiger partial charge is 0.544 e. The average molecular weight is 288 g/mol. The highest BCUT2D eigenvalue weighted by Crippen LogP contribution is 2.27. The standard InChI is InChI=1S/C10H10BrNO2S/c11-7-3-1-6(2-4-7)9-12-8(5-15-9)10(13)14/h1-4,8-9,12H,5H2,(H,13,14)/t8-,9+/m0/s1. The van der Waals surface area contributed by atoms with Gasteiger partial charge >= 0.3 is 0 Å². The summed E-state index contributed by atoms with van der Waals surface area (Å²) >= 11 is 5.01. The molecule has 5 heteroatoms. The number of thioether (sulfide) groups is 1. The van der Waals surface area contributed by atoms with E-state index in [0.717, 1.165) is 10.0 Å². The van der Waals surface area contributed by atoms with E-state index in [9.17, 15) is 9.90 Å². The highest BCUT2D eigenvalue weighted by molar-refractivity contribution is 9.10. The van der Waals surface area contributed by atoms with Gasteiger partial charge in [0.2, 0.25) is 0 Å². The molecule has 0 spiro atoms. The van der Waals surface area contributed by atoms with Crippen LogP contribution in [-0.2, 0) is 4.79 Å². The lowest BCUT2D eigenvalue weighted by atomic mass is 10.2. The highest BCUT2D eigenvalue weighted by Gasteiger charge is 2.30. The van der Waals surface area contributed by atoms with E-state index in [2.05, 4.69) is 15.9 Å². The minimum Gasteiger partial charge on any atom is -0.544 e. The number of carboxylic acid groups (broad SMARTS) is 1. The van der Waals surface area contributed by atoms with Crippen LogP contribution in [0.3, 0.4) is 0 Å². The molecule has 0 bridgehead atoms. The van der Waals surface area contributed by atoms with Gasteiger partial charge in [-0.2, -0.15) is 0 Å². The molecule has 1 aliphatic heterocycles. The van der Waals surface area contributed by atoms with E-state index in [1.165, 1.54) is 0 Å². The predicted octanol–water partition coefficient (Wildman–Crippen LogP) is -0.124. The van der Waals surface area contributed by atoms with E-state index in [-0.39, 0.29) is 5.37 Å². The zero-order chi connectivity index (χ0) is 10.8. The number of rotatable bonds is 2. The van der Waals surface area contributed by atoms with Gasteiger partial charge in [0.05, 0.1) is 5.75 Å². The Morgan fingerprint density at radius 3 is 2.67 bits per heavy atom. The second kappa shape index (κ2) is 4.55. The zero-order valence-corrected chi connectivity index (χ0v) is 10.3. The second-order valence-corrected chi connectivity index (χ2v) is 5.51. The Kier molecular flexibility index (Phi) is 3.33. The summed E-state index contributed by atoms with van der Waals surface area (Å²) in [5.74, 6) is -0.356. The Morgan fingerprint density at radius 2 is 2.13 bits per heavy atom. The average Bonchev–Trinajstić information content (AvgIpc) is 2.68. The fourth-order valence-electron chi connectivity index (χ4n) is 1.54. The molecule has 1 fully saturated rings. The Hall–Kier alpha value is -0.520. The Bertz CT molecular complexity index is 368. The van der Waals surface area contributed by atoms with Crippen LogP contribution in [0.1, 0.15) is 10.9 Å². The van der Waals surface area contributed by atoms with Gasteiger partial charge in [0.1, 0.15) is 12.0 Å². The summed E-state index contributed by atoms with van der Waals surface area (Å²) < 4.78 is 1.03. The number of quaternary nitrogens is 1. The molecular weight excluding hydrogens is 278 g/mol. The topological polar surface area (TPSA) is 56.7 Å². The van der Waals surface area contributed by atoms with Crippen molar-refractivity contribution in [2.24, 2.45) is 0 Å². The number of carbonyl (C=O) groups excluding carboxylic acids is 1. The second-order valence-electron chi connectivity index (χ2n) is 3.42. The molecule has 2 rings (SSSR count). The molecule has 2 atom stereocenters. The normalized spacial score (nSPS) is 25.4. The monoisotopic (exact) mass is 287 g/mol. The van der Waals surface area contributed by atoms with Gasteiger partial charge in [-0.05, 0) is 12.1 Å². The number of hydrogen-bond donors (Lipinski definition) is 1. The molecule has 15 heavy (non-hydrogen) atoms. The summed E-state index contributed by atoms with van der Waals surface area (Å²) in [7, 11) is 0.